The molecule has 0 radical (unpaired) electrons. The minimum atomic E-state index is -0.183. The van der Waals surface area contributed by atoms with Crippen molar-refractivity contribution in [1.82, 2.24) is 14.5 Å². The van der Waals surface area contributed by atoms with Crippen LogP contribution >= 0.6 is 34.9 Å². The maximum atomic E-state index is 11.8. The molecule has 0 aliphatic heterocycles. The van der Waals surface area contributed by atoms with Crippen LogP contribution in [0.3, 0.4) is 0 Å². The summed E-state index contributed by atoms with van der Waals surface area (Å²) in [5.74, 6) is 1.64. The fourth-order valence-corrected chi connectivity index (χ4v) is 3.38. The van der Waals surface area contributed by atoms with Crippen molar-refractivity contribution < 1.29 is 9.32 Å². The first-order chi connectivity index (χ1) is 11.1. The number of carbonyl (C=O) groups excluding carboxylic acids is 1. The van der Waals surface area contributed by atoms with Crippen LogP contribution in [0.25, 0.3) is 11.4 Å². The van der Waals surface area contributed by atoms with Gasteiger partial charge in [0.2, 0.25) is 5.91 Å². The van der Waals surface area contributed by atoms with Gasteiger partial charge in [0.25, 0.3) is 0 Å². The molecular weight excluding hydrogens is 356 g/mol. The molecule has 3 rings (SSSR count). The molecule has 2 heterocycles. The lowest BCUT2D eigenvalue weighted by molar-refractivity contribution is -0.113. The lowest BCUT2D eigenvalue weighted by atomic mass is 10.2. The first-order valence-electron chi connectivity index (χ1n) is 6.56. The molecule has 1 aromatic carbocycles. The molecule has 23 heavy (non-hydrogen) atoms. The van der Waals surface area contributed by atoms with Gasteiger partial charge < -0.3 is 9.84 Å². The number of rotatable bonds is 5. The second-order valence-corrected chi connectivity index (χ2v) is 6.90. The second kappa shape index (κ2) is 7.12. The van der Waals surface area contributed by atoms with Gasteiger partial charge in [-0.2, -0.15) is 4.37 Å². The molecule has 3 aromatic rings. The molecule has 0 unspecified atom stereocenters. The highest BCUT2D eigenvalue weighted by molar-refractivity contribution is 8.01. The van der Waals surface area contributed by atoms with Gasteiger partial charge in [0.15, 0.2) is 16.0 Å². The molecular formula is C14H11ClN4O2S2. The zero-order valence-corrected chi connectivity index (χ0v) is 14.3. The molecule has 0 saturated carbocycles. The number of carbonyl (C=O) groups is 1. The van der Waals surface area contributed by atoms with Crippen LogP contribution in [-0.4, -0.2) is 26.2 Å². The van der Waals surface area contributed by atoms with Crippen LogP contribution in [0.5, 0.6) is 0 Å². The summed E-state index contributed by atoms with van der Waals surface area (Å²) in [6.45, 7) is 1.76. The Labute approximate surface area is 145 Å². The number of aryl methyl sites for hydroxylation is 1. The van der Waals surface area contributed by atoms with Crippen molar-refractivity contribution in [3.05, 3.63) is 41.1 Å². The minimum Gasteiger partial charge on any atom is -0.360 e. The second-order valence-electron chi connectivity index (χ2n) is 4.52. The van der Waals surface area contributed by atoms with Crippen LogP contribution in [0.15, 0.2) is 39.2 Å². The number of benzene rings is 1. The van der Waals surface area contributed by atoms with Crippen LogP contribution < -0.4 is 5.32 Å². The van der Waals surface area contributed by atoms with E-state index in [0.29, 0.717) is 26.8 Å². The molecule has 0 spiro atoms. The van der Waals surface area contributed by atoms with Gasteiger partial charge in [-0.25, -0.2) is 4.98 Å². The monoisotopic (exact) mass is 366 g/mol. The van der Waals surface area contributed by atoms with Crippen molar-refractivity contribution in [2.45, 2.75) is 11.3 Å². The highest BCUT2D eigenvalue weighted by Gasteiger charge is 2.12. The Balaban J connectivity index is 1.59. The van der Waals surface area contributed by atoms with Crippen molar-refractivity contribution in [2.75, 3.05) is 11.1 Å². The van der Waals surface area contributed by atoms with Gasteiger partial charge in [0.1, 0.15) is 5.76 Å². The normalized spacial score (nSPS) is 10.7. The number of hydrogen-bond donors (Lipinski definition) is 1. The molecule has 1 amide bonds. The number of amides is 1. The quantitative estimate of drug-likeness (QED) is 0.690. The topological polar surface area (TPSA) is 80.9 Å². The summed E-state index contributed by atoms with van der Waals surface area (Å²) in [4.78, 5) is 16.2. The van der Waals surface area contributed by atoms with Gasteiger partial charge in [0.05, 0.1) is 10.8 Å². The molecule has 9 heteroatoms. The Bertz CT molecular complexity index is 834. The lowest BCUT2D eigenvalue weighted by Crippen LogP contribution is -2.14. The predicted octanol–water partition coefficient (Wildman–Crippen LogP) is 3.89. The van der Waals surface area contributed by atoms with Crippen molar-refractivity contribution in [3.8, 4) is 11.4 Å². The van der Waals surface area contributed by atoms with Crippen LogP contribution in [-0.2, 0) is 4.79 Å². The molecule has 1 N–H and O–H groups in total. The van der Waals surface area contributed by atoms with Crippen LogP contribution in [0.2, 0.25) is 5.02 Å². The van der Waals surface area contributed by atoms with E-state index >= 15 is 0 Å². The van der Waals surface area contributed by atoms with E-state index in [1.165, 1.54) is 23.3 Å². The summed E-state index contributed by atoms with van der Waals surface area (Å²) in [5, 5.41) is 6.96. The molecule has 6 nitrogen and oxygen atoms in total. The van der Waals surface area contributed by atoms with Crippen molar-refractivity contribution in [2.24, 2.45) is 0 Å². The first-order valence-corrected chi connectivity index (χ1v) is 8.70. The Hall–Kier alpha value is -1.90. The Kier molecular flexibility index (Phi) is 4.94. The lowest BCUT2D eigenvalue weighted by Gasteiger charge is -1.99. The first kappa shape index (κ1) is 16.0. The molecule has 0 fully saturated rings. The van der Waals surface area contributed by atoms with Gasteiger partial charge in [-0.1, -0.05) is 40.7 Å². The molecule has 0 bridgehead atoms. The largest absolute Gasteiger partial charge is 0.360 e. The molecule has 0 atom stereocenters. The third-order valence-corrected chi connectivity index (χ3v) is 4.91. The Morgan fingerprint density at radius 3 is 3.00 bits per heavy atom. The summed E-state index contributed by atoms with van der Waals surface area (Å²) >= 11 is 8.67. The van der Waals surface area contributed by atoms with Gasteiger partial charge in [0, 0.05) is 11.6 Å². The zero-order chi connectivity index (χ0) is 16.2. The maximum absolute atomic E-state index is 11.8. The van der Waals surface area contributed by atoms with Gasteiger partial charge in [-0.15, -0.1) is 0 Å². The summed E-state index contributed by atoms with van der Waals surface area (Å²) < 4.78 is 9.87. The van der Waals surface area contributed by atoms with E-state index in [2.05, 4.69) is 19.8 Å². The average molecular weight is 367 g/mol. The average Bonchev–Trinajstić information content (AvgIpc) is 3.15. The van der Waals surface area contributed by atoms with E-state index in [-0.39, 0.29) is 11.7 Å². The standard InChI is InChI=1S/C14H11ClN4O2S2/c1-8-6-11(18-21-8)16-12(20)7-22-14-17-13(19-23-14)9-4-2-3-5-10(9)15/h2-6H,7H2,1H3,(H,16,18,20). The molecule has 118 valence electrons. The molecule has 2 aromatic heterocycles. The number of nitrogens with one attached hydrogen (secondary N) is 1. The van der Waals surface area contributed by atoms with Gasteiger partial charge in [-0.05, 0) is 30.6 Å². The molecule has 0 saturated heterocycles. The summed E-state index contributed by atoms with van der Waals surface area (Å²) in [7, 11) is 0. The predicted molar refractivity (Wildman–Crippen MR) is 90.9 cm³/mol. The number of halogens is 1. The third kappa shape index (κ3) is 4.10. The van der Waals surface area contributed by atoms with Gasteiger partial charge >= 0.3 is 0 Å². The molecule has 0 aliphatic rings. The van der Waals surface area contributed by atoms with E-state index in [4.69, 9.17) is 16.1 Å². The van der Waals surface area contributed by atoms with E-state index in [1.807, 2.05) is 18.2 Å². The van der Waals surface area contributed by atoms with Crippen LogP contribution in [0.1, 0.15) is 5.76 Å². The smallest absolute Gasteiger partial charge is 0.236 e. The number of thioether (sulfide) groups is 1. The highest BCUT2D eigenvalue weighted by Crippen LogP contribution is 2.29. The number of anilines is 1. The Morgan fingerprint density at radius 1 is 1.43 bits per heavy atom. The Morgan fingerprint density at radius 2 is 2.26 bits per heavy atom. The maximum Gasteiger partial charge on any atom is 0.236 e. The third-order valence-electron chi connectivity index (χ3n) is 2.74. The van der Waals surface area contributed by atoms with E-state index in [1.54, 1.807) is 19.1 Å². The highest BCUT2D eigenvalue weighted by atomic mass is 35.5. The summed E-state index contributed by atoms with van der Waals surface area (Å²) in [5.41, 5.74) is 0.778. The van der Waals surface area contributed by atoms with E-state index in [0.717, 1.165) is 5.56 Å². The van der Waals surface area contributed by atoms with Crippen molar-refractivity contribution >= 4 is 46.6 Å². The van der Waals surface area contributed by atoms with E-state index in [9.17, 15) is 4.79 Å². The van der Waals surface area contributed by atoms with E-state index < -0.39 is 0 Å². The zero-order valence-electron chi connectivity index (χ0n) is 11.9. The molecule has 0 aliphatic carbocycles. The fraction of sp³-hybridized carbons (Fsp3) is 0.143. The van der Waals surface area contributed by atoms with Gasteiger partial charge in [-0.3, -0.25) is 4.79 Å². The SMILES string of the molecule is Cc1cc(NC(=O)CSc2nc(-c3ccccc3Cl)ns2)no1. The van der Waals surface area contributed by atoms with Crippen LogP contribution in [0, 0.1) is 6.92 Å². The number of aromatic nitrogens is 3. The van der Waals surface area contributed by atoms with Crippen molar-refractivity contribution in [3.63, 3.8) is 0 Å². The van der Waals surface area contributed by atoms with Crippen LogP contribution in [0.4, 0.5) is 5.82 Å². The number of hydrogen-bond acceptors (Lipinski definition) is 7. The van der Waals surface area contributed by atoms with Crippen molar-refractivity contribution in [1.29, 1.82) is 0 Å². The summed E-state index contributed by atoms with van der Waals surface area (Å²) in [6, 6.07) is 9.03. The minimum absolute atomic E-state index is 0.183. The number of nitrogens with zero attached hydrogens (tertiary/aromatic N) is 3. The summed E-state index contributed by atoms with van der Waals surface area (Å²) in [6.07, 6.45) is 0. The fourth-order valence-electron chi connectivity index (χ4n) is 1.75.